The normalized spacial score (nSPS) is 11.3. The fourth-order valence-corrected chi connectivity index (χ4v) is 2.82. The van der Waals surface area contributed by atoms with Crippen LogP contribution in [0.4, 0.5) is 4.79 Å². The van der Waals surface area contributed by atoms with Crippen LogP contribution in [-0.4, -0.2) is 54.7 Å². The summed E-state index contributed by atoms with van der Waals surface area (Å²) >= 11 is 0. The highest BCUT2D eigenvalue weighted by Gasteiger charge is 2.20. The Morgan fingerprint density at radius 3 is 2.19 bits per heavy atom. The minimum atomic E-state index is -1.15. The van der Waals surface area contributed by atoms with Gasteiger partial charge in [0, 0.05) is 25.9 Å². The number of carboxylic acid groups (broad SMARTS) is 1. The van der Waals surface area contributed by atoms with Gasteiger partial charge in [-0.25, -0.2) is 9.59 Å². The van der Waals surface area contributed by atoms with E-state index in [1.54, 1.807) is 0 Å². The Balaban J connectivity index is 3.91. The average Bonchev–Trinajstić information content (AvgIpc) is 2.74. The molecule has 1 atom stereocenters. The van der Waals surface area contributed by atoms with Crippen LogP contribution in [0.5, 0.6) is 0 Å². The number of ether oxygens (including phenoxy) is 1. The lowest BCUT2D eigenvalue weighted by molar-refractivity contribution is -0.142. The van der Waals surface area contributed by atoms with Gasteiger partial charge in [-0.2, -0.15) is 0 Å². The second kappa shape index (κ2) is 19.4. The number of carbonyl (C=O) groups is 4. The molecule has 31 heavy (non-hydrogen) atoms. The van der Waals surface area contributed by atoms with E-state index >= 15 is 0 Å². The molecule has 0 heterocycles. The van der Waals surface area contributed by atoms with Crippen molar-refractivity contribution in [2.45, 2.75) is 83.6 Å². The van der Waals surface area contributed by atoms with Crippen molar-refractivity contribution in [2.24, 2.45) is 0 Å². The highest BCUT2D eigenvalue weighted by Crippen LogP contribution is 2.08. The maximum absolute atomic E-state index is 12.0. The first-order chi connectivity index (χ1) is 14.9. The van der Waals surface area contributed by atoms with Gasteiger partial charge in [0.25, 0.3) is 0 Å². The number of amides is 3. The van der Waals surface area contributed by atoms with Gasteiger partial charge >= 0.3 is 12.1 Å². The second-order valence-electron chi connectivity index (χ2n) is 7.39. The SMILES string of the molecule is C=CCOC(=O)NCCCNC(=O)CCC(NC(=O)CCCCCCCCC)C(=O)O. The van der Waals surface area contributed by atoms with E-state index in [1.165, 1.54) is 25.3 Å². The third-order valence-corrected chi connectivity index (χ3v) is 4.58. The molecule has 0 aromatic carbocycles. The summed E-state index contributed by atoms with van der Waals surface area (Å²) in [6.07, 6.45) is 9.31. The molecule has 0 saturated heterocycles. The second-order valence-corrected chi connectivity index (χ2v) is 7.39. The maximum atomic E-state index is 12.0. The Morgan fingerprint density at radius 1 is 0.903 bits per heavy atom. The fourth-order valence-electron chi connectivity index (χ4n) is 2.82. The van der Waals surface area contributed by atoms with Crippen LogP contribution in [0, 0.1) is 0 Å². The summed E-state index contributed by atoms with van der Waals surface area (Å²) in [7, 11) is 0. The Kier molecular flexibility index (Phi) is 17.8. The molecule has 0 aliphatic rings. The molecule has 0 bridgehead atoms. The smallest absolute Gasteiger partial charge is 0.407 e. The lowest BCUT2D eigenvalue weighted by Crippen LogP contribution is -2.41. The Bertz CT molecular complexity index is 553. The van der Waals surface area contributed by atoms with Crippen molar-refractivity contribution in [3.05, 3.63) is 12.7 Å². The standard InChI is InChI=1S/C22H39N3O6/c1-3-5-6-7-8-9-10-12-20(27)25-18(21(28)29)13-14-19(26)23-15-11-16-24-22(30)31-17-4-2/h4,18H,2-3,5-17H2,1H3,(H,23,26)(H,24,30)(H,25,27)(H,28,29). The lowest BCUT2D eigenvalue weighted by atomic mass is 10.1. The van der Waals surface area contributed by atoms with E-state index in [4.69, 9.17) is 4.74 Å². The first-order valence-electron chi connectivity index (χ1n) is 11.2. The van der Waals surface area contributed by atoms with Crippen LogP contribution in [0.15, 0.2) is 12.7 Å². The van der Waals surface area contributed by atoms with E-state index in [0.717, 1.165) is 25.7 Å². The van der Waals surface area contributed by atoms with Crippen LogP contribution < -0.4 is 16.0 Å². The van der Waals surface area contributed by atoms with Crippen molar-refractivity contribution in [1.29, 1.82) is 0 Å². The third kappa shape index (κ3) is 17.9. The third-order valence-electron chi connectivity index (χ3n) is 4.58. The van der Waals surface area contributed by atoms with Gasteiger partial charge in [-0.15, -0.1) is 0 Å². The molecule has 0 fully saturated rings. The van der Waals surface area contributed by atoms with E-state index in [9.17, 15) is 24.3 Å². The molecule has 9 heteroatoms. The monoisotopic (exact) mass is 441 g/mol. The summed E-state index contributed by atoms with van der Waals surface area (Å²) in [4.78, 5) is 46.4. The molecule has 0 spiro atoms. The number of hydrogen-bond donors (Lipinski definition) is 4. The number of carbonyl (C=O) groups excluding carboxylic acids is 3. The molecule has 0 radical (unpaired) electrons. The molecule has 0 aromatic rings. The number of nitrogens with one attached hydrogen (secondary N) is 3. The zero-order valence-corrected chi connectivity index (χ0v) is 18.7. The average molecular weight is 442 g/mol. The van der Waals surface area contributed by atoms with E-state index < -0.39 is 18.1 Å². The van der Waals surface area contributed by atoms with Crippen molar-refractivity contribution in [2.75, 3.05) is 19.7 Å². The first kappa shape index (κ1) is 28.4. The minimum absolute atomic E-state index is 0.0104. The number of unbranched alkanes of at least 4 members (excludes halogenated alkanes) is 6. The summed E-state index contributed by atoms with van der Waals surface area (Å²) in [6.45, 7) is 6.40. The van der Waals surface area contributed by atoms with Gasteiger partial charge in [0.1, 0.15) is 12.6 Å². The topological polar surface area (TPSA) is 134 Å². The molecule has 0 saturated carbocycles. The molecule has 9 nitrogen and oxygen atoms in total. The highest BCUT2D eigenvalue weighted by atomic mass is 16.5. The molecule has 0 aromatic heterocycles. The fraction of sp³-hybridized carbons (Fsp3) is 0.727. The highest BCUT2D eigenvalue weighted by molar-refractivity contribution is 5.84. The van der Waals surface area contributed by atoms with Crippen LogP contribution in [-0.2, 0) is 19.1 Å². The Labute approximate surface area is 185 Å². The molecule has 0 rings (SSSR count). The maximum Gasteiger partial charge on any atom is 0.407 e. The Hall–Kier alpha value is -2.58. The van der Waals surface area contributed by atoms with Crippen LogP contribution >= 0.6 is 0 Å². The van der Waals surface area contributed by atoms with Crippen molar-refractivity contribution in [3.8, 4) is 0 Å². The number of carboxylic acids is 1. The van der Waals surface area contributed by atoms with Gasteiger partial charge in [0.2, 0.25) is 11.8 Å². The van der Waals surface area contributed by atoms with Gasteiger partial charge in [-0.1, -0.05) is 58.1 Å². The lowest BCUT2D eigenvalue weighted by Gasteiger charge is -2.14. The molecule has 0 aliphatic heterocycles. The molecular formula is C22H39N3O6. The number of hydrogen-bond acceptors (Lipinski definition) is 5. The zero-order valence-electron chi connectivity index (χ0n) is 18.7. The van der Waals surface area contributed by atoms with Crippen LogP contribution in [0.2, 0.25) is 0 Å². The zero-order chi connectivity index (χ0) is 23.3. The van der Waals surface area contributed by atoms with Crippen molar-refractivity contribution >= 4 is 23.9 Å². The largest absolute Gasteiger partial charge is 0.480 e. The van der Waals surface area contributed by atoms with E-state index in [1.807, 2.05) is 0 Å². The van der Waals surface area contributed by atoms with Gasteiger partial charge in [-0.3, -0.25) is 9.59 Å². The van der Waals surface area contributed by atoms with Crippen molar-refractivity contribution in [3.63, 3.8) is 0 Å². The van der Waals surface area contributed by atoms with E-state index in [2.05, 4.69) is 29.5 Å². The summed E-state index contributed by atoms with van der Waals surface area (Å²) in [5.41, 5.74) is 0. The van der Waals surface area contributed by atoms with Crippen molar-refractivity contribution in [1.82, 2.24) is 16.0 Å². The minimum Gasteiger partial charge on any atom is -0.480 e. The number of alkyl carbamates (subject to hydrolysis) is 1. The van der Waals surface area contributed by atoms with Crippen LogP contribution in [0.1, 0.15) is 77.6 Å². The first-order valence-corrected chi connectivity index (χ1v) is 11.2. The van der Waals surface area contributed by atoms with Gasteiger partial charge in [-0.05, 0) is 19.3 Å². The quantitative estimate of drug-likeness (QED) is 0.180. The summed E-state index contributed by atoms with van der Waals surface area (Å²) < 4.78 is 4.74. The molecule has 1 unspecified atom stereocenters. The van der Waals surface area contributed by atoms with Crippen molar-refractivity contribution < 1.29 is 29.0 Å². The Morgan fingerprint density at radius 2 is 1.55 bits per heavy atom. The van der Waals surface area contributed by atoms with Gasteiger partial charge < -0.3 is 25.8 Å². The molecule has 178 valence electrons. The molecule has 4 N–H and O–H groups in total. The molecule has 3 amide bonds. The van der Waals surface area contributed by atoms with Crippen LogP contribution in [0.3, 0.4) is 0 Å². The summed E-state index contributed by atoms with van der Waals surface area (Å²) in [5.74, 6) is -1.75. The number of rotatable bonds is 19. The van der Waals surface area contributed by atoms with Gasteiger partial charge in [0.05, 0.1) is 0 Å². The van der Waals surface area contributed by atoms with E-state index in [-0.39, 0.29) is 31.3 Å². The van der Waals surface area contributed by atoms with E-state index in [0.29, 0.717) is 25.9 Å². The molecular weight excluding hydrogens is 402 g/mol. The van der Waals surface area contributed by atoms with Gasteiger partial charge in [0.15, 0.2) is 0 Å². The van der Waals surface area contributed by atoms with Crippen LogP contribution in [0.25, 0.3) is 0 Å². The number of aliphatic carboxylic acids is 1. The summed E-state index contributed by atoms with van der Waals surface area (Å²) in [6, 6.07) is -1.08. The predicted molar refractivity (Wildman–Crippen MR) is 119 cm³/mol. The predicted octanol–water partition coefficient (Wildman–Crippen LogP) is 2.90. The summed E-state index contributed by atoms with van der Waals surface area (Å²) in [5, 5.41) is 17.0. The molecule has 0 aliphatic carbocycles.